The molecule has 5 heteroatoms. The minimum Gasteiger partial charge on any atom is -0.394 e. The number of allylic oxidation sites excluding steroid dienone is 3. The molecule has 356 valence electrons. The summed E-state index contributed by atoms with van der Waals surface area (Å²) in [6.07, 6.45) is 63.9. The van der Waals surface area contributed by atoms with E-state index in [0.29, 0.717) is 6.42 Å². The van der Waals surface area contributed by atoms with Crippen molar-refractivity contribution in [2.75, 3.05) is 6.61 Å². The van der Waals surface area contributed by atoms with Gasteiger partial charge in [0.05, 0.1) is 18.8 Å². The molecule has 0 fully saturated rings. The van der Waals surface area contributed by atoms with Crippen molar-refractivity contribution >= 4 is 5.91 Å². The molecule has 3 unspecified atom stereocenters. The fourth-order valence-corrected chi connectivity index (χ4v) is 8.54. The zero-order chi connectivity index (χ0) is 43.7. The minimum absolute atomic E-state index is 0.363. The van der Waals surface area contributed by atoms with Gasteiger partial charge >= 0.3 is 0 Å². The lowest BCUT2D eigenvalue weighted by Gasteiger charge is -2.21. The van der Waals surface area contributed by atoms with Crippen LogP contribution in [-0.2, 0) is 4.79 Å². The molecule has 0 spiro atoms. The molecular weight excluding hydrogens is 739 g/mol. The van der Waals surface area contributed by atoms with Crippen LogP contribution < -0.4 is 5.32 Å². The average Bonchev–Trinajstić information content (AvgIpc) is 3.25. The number of unbranched alkanes of at least 4 members (excludes halogenated alkanes) is 40. The van der Waals surface area contributed by atoms with Crippen LogP contribution in [-0.4, -0.2) is 46.1 Å². The number of aliphatic hydroxyl groups excluding tert-OH is 3. The number of carbonyl (C=O) groups excluding carboxylic acids is 1. The number of aliphatic hydroxyl groups is 3. The SMILES string of the molecule is CCCCCCCCCCCCCC/C=C\CCCCCCCCCC(O)C(=O)NC(CO)C(O)/C=C/CCCCCCCCCCCCCCCCCCCCCCC. The van der Waals surface area contributed by atoms with Crippen molar-refractivity contribution in [2.24, 2.45) is 0 Å². The van der Waals surface area contributed by atoms with E-state index in [0.717, 1.165) is 32.1 Å². The van der Waals surface area contributed by atoms with Gasteiger partial charge in [0.15, 0.2) is 0 Å². The molecule has 4 N–H and O–H groups in total. The van der Waals surface area contributed by atoms with Crippen LogP contribution in [0, 0.1) is 0 Å². The van der Waals surface area contributed by atoms with Crippen LogP contribution in [0.25, 0.3) is 0 Å². The maximum atomic E-state index is 12.5. The standard InChI is InChI=1S/C55H107NO4/c1-3-5-7-9-11-13-15-17-19-21-23-25-27-29-31-33-35-37-39-41-43-45-47-49-53(58)52(51-57)56-55(60)54(59)50-48-46-44-42-40-38-36-34-32-30-28-26-24-22-20-18-16-14-12-10-8-6-4-2/h30,32,47,49,52-54,57-59H,3-29,31,33-46,48,50-51H2,1-2H3,(H,56,60)/b32-30-,49-47+. The van der Waals surface area contributed by atoms with Crippen LogP contribution in [0.3, 0.4) is 0 Å². The lowest BCUT2D eigenvalue weighted by molar-refractivity contribution is -0.131. The Morgan fingerprint density at radius 3 is 0.967 bits per heavy atom. The number of nitrogens with one attached hydrogen (secondary N) is 1. The molecular formula is C55H107NO4. The largest absolute Gasteiger partial charge is 0.394 e. The van der Waals surface area contributed by atoms with Gasteiger partial charge in [0.2, 0.25) is 5.91 Å². The summed E-state index contributed by atoms with van der Waals surface area (Å²) in [5.41, 5.74) is 0. The van der Waals surface area contributed by atoms with E-state index in [2.05, 4.69) is 31.3 Å². The van der Waals surface area contributed by atoms with Gasteiger partial charge in [0.1, 0.15) is 6.10 Å². The molecule has 3 atom stereocenters. The highest BCUT2D eigenvalue weighted by atomic mass is 16.3. The second-order valence-electron chi connectivity index (χ2n) is 18.8. The first-order chi connectivity index (χ1) is 29.6. The highest BCUT2D eigenvalue weighted by molar-refractivity contribution is 5.80. The number of hydrogen-bond acceptors (Lipinski definition) is 4. The summed E-state index contributed by atoms with van der Waals surface area (Å²) in [5.74, 6) is -0.502. The van der Waals surface area contributed by atoms with E-state index in [9.17, 15) is 20.1 Å². The summed E-state index contributed by atoms with van der Waals surface area (Å²) in [4.78, 5) is 12.5. The Morgan fingerprint density at radius 2 is 0.667 bits per heavy atom. The Labute approximate surface area is 375 Å². The Balaban J connectivity index is 3.59. The molecule has 0 aliphatic rings. The first kappa shape index (κ1) is 58.8. The van der Waals surface area contributed by atoms with E-state index in [4.69, 9.17) is 0 Å². The third kappa shape index (κ3) is 44.9. The molecule has 0 heterocycles. The molecule has 0 bridgehead atoms. The van der Waals surface area contributed by atoms with E-state index < -0.39 is 24.2 Å². The molecule has 0 radical (unpaired) electrons. The zero-order valence-corrected chi connectivity index (χ0v) is 40.6. The maximum absolute atomic E-state index is 12.5. The lowest BCUT2D eigenvalue weighted by atomic mass is 10.0. The third-order valence-electron chi connectivity index (χ3n) is 12.8. The van der Waals surface area contributed by atoms with Gasteiger partial charge in [-0.3, -0.25) is 4.79 Å². The number of carbonyl (C=O) groups is 1. The monoisotopic (exact) mass is 846 g/mol. The molecule has 0 aromatic carbocycles. The molecule has 0 aliphatic carbocycles. The smallest absolute Gasteiger partial charge is 0.249 e. The molecule has 0 aromatic rings. The molecule has 1 amide bonds. The van der Waals surface area contributed by atoms with Crippen molar-refractivity contribution in [1.82, 2.24) is 5.32 Å². The molecule has 0 saturated heterocycles. The van der Waals surface area contributed by atoms with Gasteiger partial charge in [0.25, 0.3) is 0 Å². The van der Waals surface area contributed by atoms with Crippen LogP contribution in [0.2, 0.25) is 0 Å². The summed E-state index contributed by atoms with van der Waals surface area (Å²) in [6, 6.07) is -0.799. The van der Waals surface area contributed by atoms with Crippen LogP contribution in [0.5, 0.6) is 0 Å². The fraction of sp³-hybridized carbons (Fsp3) is 0.909. The van der Waals surface area contributed by atoms with Gasteiger partial charge in [-0.25, -0.2) is 0 Å². The van der Waals surface area contributed by atoms with Gasteiger partial charge in [-0.2, -0.15) is 0 Å². The lowest BCUT2D eigenvalue weighted by Crippen LogP contribution is -2.48. The molecule has 60 heavy (non-hydrogen) atoms. The predicted molar refractivity (Wildman–Crippen MR) is 264 cm³/mol. The normalized spacial score (nSPS) is 13.5. The summed E-state index contributed by atoms with van der Waals surface area (Å²) >= 11 is 0. The van der Waals surface area contributed by atoms with Gasteiger partial charge in [-0.1, -0.05) is 276 Å². The molecule has 0 aromatic heterocycles. The maximum Gasteiger partial charge on any atom is 0.249 e. The second-order valence-corrected chi connectivity index (χ2v) is 18.8. The number of hydrogen-bond donors (Lipinski definition) is 4. The van der Waals surface area contributed by atoms with E-state index in [-0.39, 0.29) is 6.61 Å². The fourth-order valence-electron chi connectivity index (χ4n) is 8.54. The van der Waals surface area contributed by atoms with Crippen molar-refractivity contribution in [3.05, 3.63) is 24.3 Å². The van der Waals surface area contributed by atoms with Crippen LogP contribution in [0.1, 0.15) is 296 Å². The van der Waals surface area contributed by atoms with E-state index >= 15 is 0 Å². The molecule has 5 nitrogen and oxygen atoms in total. The molecule has 0 rings (SSSR count). The minimum atomic E-state index is -1.10. The van der Waals surface area contributed by atoms with Gasteiger partial charge < -0.3 is 20.6 Å². The van der Waals surface area contributed by atoms with Crippen LogP contribution in [0.4, 0.5) is 0 Å². The highest BCUT2D eigenvalue weighted by Crippen LogP contribution is 2.17. The predicted octanol–water partition coefficient (Wildman–Crippen LogP) is 16.5. The van der Waals surface area contributed by atoms with E-state index in [1.54, 1.807) is 6.08 Å². The van der Waals surface area contributed by atoms with Crippen LogP contribution >= 0.6 is 0 Å². The Bertz CT molecular complexity index is 890. The highest BCUT2D eigenvalue weighted by Gasteiger charge is 2.22. The summed E-state index contributed by atoms with van der Waals surface area (Å²) in [5, 5.41) is 33.3. The Kier molecular flexibility index (Phi) is 49.5. The number of rotatable bonds is 50. The third-order valence-corrected chi connectivity index (χ3v) is 12.8. The second kappa shape index (κ2) is 50.5. The van der Waals surface area contributed by atoms with Gasteiger partial charge in [-0.15, -0.1) is 0 Å². The topological polar surface area (TPSA) is 89.8 Å². The molecule has 0 aliphatic heterocycles. The average molecular weight is 846 g/mol. The zero-order valence-electron chi connectivity index (χ0n) is 40.6. The first-order valence-electron chi connectivity index (χ1n) is 27.2. The molecule has 0 saturated carbocycles. The first-order valence-corrected chi connectivity index (χ1v) is 27.2. The number of amides is 1. The van der Waals surface area contributed by atoms with Gasteiger partial charge in [-0.05, 0) is 44.9 Å². The summed E-state index contributed by atoms with van der Waals surface area (Å²) in [7, 11) is 0. The van der Waals surface area contributed by atoms with Crippen LogP contribution in [0.15, 0.2) is 24.3 Å². The Morgan fingerprint density at radius 1 is 0.400 bits per heavy atom. The van der Waals surface area contributed by atoms with Crippen molar-refractivity contribution in [3.8, 4) is 0 Å². The van der Waals surface area contributed by atoms with E-state index in [1.807, 2.05) is 6.08 Å². The van der Waals surface area contributed by atoms with Crippen molar-refractivity contribution in [2.45, 2.75) is 315 Å². The quantitative estimate of drug-likeness (QED) is 0.0363. The van der Waals surface area contributed by atoms with E-state index in [1.165, 1.54) is 244 Å². The summed E-state index contributed by atoms with van der Waals surface area (Å²) in [6.45, 7) is 4.22. The van der Waals surface area contributed by atoms with Gasteiger partial charge in [0, 0.05) is 0 Å². The van der Waals surface area contributed by atoms with Crippen molar-refractivity contribution in [3.63, 3.8) is 0 Å². The summed E-state index contributed by atoms with van der Waals surface area (Å²) < 4.78 is 0. The Hall–Kier alpha value is -1.17. The van der Waals surface area contributed by atoms with Crippen molar-refractivity contribution < 1.29 is 20.1 Å². The van der Waals surface area contributed by atoms with Crippen molar-refractivity contribution in [1.29, 1.82) is 0 Å².